The van der Waals surface area contributed by atoms with E-state index in [1.54, 1.807) is 12.3 Å². The number of aliphatic hydroxyl groups excluding tert-OH is 1. The lowest BCUT2D eigenvalue weighted by Crippen LogP contribution is -2.52. The van der Waals surface area contributed by atoms with Crippen molar-refractivity contribution in [3.05, 3.63) is 22.5 Å². The van der Waals surface area contributed by atoms with Crippen LogP contribution in [0.15, 0.2) is 21.2 Å². The van der Waals surface area contributed by atoms with Gasteiger partial charge in [0.1, 0.15) is 11.9 Å². The summed E-state index contributed by atoms with van der Waals surface area (Å²) in [5.74, 6) is 1.13. The van der Waals surface area contributed by atoms with Crippen LogP contribution in [0, 0.1) is 16.7 Å². The Morgan fingerprint density at radius 3 is 2.62 bits per heavy atom. The fraction of sp³-hybridized carbons (Fsp3) is 0.636. The molecule has 0 aromatic carbocycles. The summed E-state index contributed by atoms with van der Waals surface area (Å²) < 4.78 is 6.32. The first-order valence-electron chi connectivity index (χ1n) is 10.7. The number of rotatable bonds is 3. The molecule has 2 aromatic heterocycles. The Hall–Kier alpha value is -1.62. The highest BCUT2D eigenvalue weighted by Crippen LogP contribution is 2.49. The minimum atomic E-state index is -0.0382. The number of anilines is 1. The summed E-state index contributed by atoms with van der Waals surface area (Å²) in [6.45, 7) is 2.39. The van der Waals surface area contributed by atoms with Gasteiger partial charge in [0.05, 0.1) is 16.8 Å². The first-order valence-corrected chi connectivity index (χ1v) is 11.5. The second kappa shape index (κ2) is 7.57. The number of nitrogens with zero attached hydrogens (tertiary/aromatic N) is 3. The molecule has 29 heavy (non-hydrogen) atoms. The molecule has 1 spiro atoms. The van der Waals surface area contributed by atoms with E-state index in [-0.39, 0.29) is 6.10 Å². The highest BCUT2D eigenvalue weighted by atomic mass is 79.9. The molecule has 1 aliphatic heterocycles. The van der Waals surface area contributed by atoms with Crippen LogP contribution in [0.2, 0.25) is 0 Å². The van der Waals surface area contributed by atoms with Crippen LogP contribution in [0.3, 0.4) is 0 Å². The summed E-state index contributed by atoms with van der Waals surface area (Å²) >= 11 is 3.63. The van der Waals surface area contributed by atoms with Crippen LogP contribution in [-0.4, -0.2) is 46.3 Å². The van der Waals surface area contributed by atoms with E-state index in [1.165, 1.54) is 38.8 Å². The Labute approximate surface area is 179 Å². The van der Waals surface area contributed by atoms with Crippen molar-refractivity contribution < 1.29 is 9.52 Å². The third-order valence-electron chi connectivity index (χ3n) is 7.38. The highest BCUT2D eigenvalue weighted by Gasteiger charge is 2.45. The van der Waals surface area contributed by atoms with E-state index in [2.05, 4.69) is 31.1 Å². The molecule has 3 heterocycles. The van der Waals surface area contributed by atoms with Crippen LogP contribution in [0.25, 0.3) is 11.0 Å². The molecule has 0 amide bonds. The number of fused-ring (bicyclic) bond motifs is 1. The molecule has 3 aliphatic rings. The Morgan fingerprint density at radius 2 is 1.97 bits per heavy atom. The van der Waals surface area contributed by atoms with E-state index < -0.39 is 0 Å². The number of furan rings is 1. The second-order valence-electron chi connectivity index (χ2n) is 9.17. The first kappa shape index (κ1) is 19.3. The van der Waals surface area contributed by atoms with Gasteiger partial charge in [0, 0.05) is 23.5 Å². The number of aromatic nitrogens is 1. The lowest BCUT2D eigenvalue weighted by molar-refractivity contribution is -0.0752. The lowest BCUT2D eigenvalue weighted by Gasteiger charge is -2.52. The maximum absolute atomic E-state index is 9.67. The van der Waals surface area contributed by atoms with Crippen molar-refractivity contribution in [1.29, 1.82) is 5.26 Å². The van der Waals surface area contributed by atoms with Gasteiger partial charge in [-0.15, -0.1) is 0 Å². The minimum absolute atomic E-state index is 0.0382. The molecule has 7 heteroatoms. The number of nitrogens with one attached hydrogen (secondary N) is 1. The molecular weight excluding hydrogens is 432 g/mol. The maximum Gasteiger partial charge on any atom is 0.204 e. The molecule has 2 aliphatic carbocycles. The Balaban J connectivity index is 1.16. The van der Waals surface area contributed by atoms with E-state index in [1.807, 2.05) is 6.07 Å². The number of halogens is 1. The molecule has 2 N–H and O–H groups in total. The van der Waals surface area contributed by atoms with Gasteiger partial charge in [0.15, 0.2) is 5.58 Å². The molecule has 0 unspecified atom stereocenters. The van der Waals surface area contributed by atoms with Gasteiger partial charge in [-0.1, -0.05) is 0 Å². The van der Waals surface area contributed by atoms with E-state index in [9.17, 15) is 5.11 Å². The Bertz CT molecular complexity index is 928. The standard InChI is InChI=1S/C22H27BrN4O2/c23-20-18-9-17(12-24)29-19(18)13-25-21(20)26-14-1-3-15(4-2-14)27-7-5-22(6-8-27)10-16(28)11-22/h9,13-16,28H,1-8,10-11H2,(H,25,26). The Kier molecular flexibility index (Phi) is 5.05. The van der Waals surface area contributed by atoms with E-state index in [0.717, 1.165) is 41.4 Å². The normalized spacial score (nSPS) is 27.6. The molecule has 2 saturated carbocycles. The molecule has 6 nitrogen and oxygen atoms in total. The number of aliphatic hydroxyl groups is 1. The fourth-order valence-corrected chi connectivity index (χ4v) is 6.15. The smallest absolute Gasteiger partial charge is 0.204 e. The van der Waals surface area contributed by atoms with Crippen molar-refractivity contribution in [2.45, 2.75) is 69.6 Å². The fourth-order valence-electron chi connectivity index (χ4n) is 5.63. The van der Waals surface area contributed by atoms with Gasteiger partial charge in [-0.2, -0.15) is 5.26 Å². The van der Waals surface area contributed by atoms with Gasteiger partial charge >= 0.3 is 0 Å². The molecule has 0 atom stereocenters. The van der Waals surface area contributed by atoms with Crippen molar-refractivity contribution in [3.63, 3.8) is 0 Å². The molecule has 2 aromatic rings. The zero-order chi connectivity index (χ0) is 20.0. The summed E-state index contributed by atoms with van der Waals surface area (Å²) in [6.07, 6.45) is 10.9. The van der Waals surface area contributed by atoms with E-state index >= 15 is 0 Å². The van der Waals surface area contributed by atoms with Crippen LogP contribution in [-0.2, 0) is 0 Å². The SMILES string of the molecule is N#Cc1cc2c(Br)c(NC3CCC(N4CCC5(CC4)CC(O)C5)CC3)ncc2o1. The summed E-state index contributed by atoms with van der Waals surface area (Å²) in [4.78, 5) is 7.20. The molecule has 0 radical (unpaired) electrons. The lowest BCUT2D eigenvalue weighted by atomic mass is 9.61. The van der Waals surface area contributed by atoms with Crippen LogP contribution >= 0.6 is 15.9 Å². The molecule has 0 bridgehead atoms. The van der Waals surface area contributed by atoms with Gasteiger partial charge in [-0.3, -0.25) is 0 Å². The number of piperidine rings is 1. The van der Waals surface area contributed by atoms with Gasteiger partial charge in [0.25, 0.3) is 0 Å². The summed E-state index contributed by atoms with van der Waals surface area (Å²) in [5.41, 5.74) is 1.09. The minimum Gasteiger partial charge on any atom is -0.444 e. The topological polar surface area (TPSA) is 85.3 Å². The van der Waals surface area contributed by atoms with Crippen LogP contribution in [0.1, 0.15) is 57.1 Å². The number of hydrogen-bond donors (Lipinski definition) is 2. The number of likely N-dealkylation sites (tertiary alicyclic amines) is 1. The van der Waals surface area contributed by atoms with Crippen LogP contribution < -0.4 is 5.32 Å². The Morgan fingerprint density at radius 1 is 1.24 bits per heavy atom. The van der Waals surface area contributed by atoms with Crippen LogP contribution in [0.4, 0.5) is 5.82 Å². The average molecular weight is 459 g/mol. The molecule has 5 rings (SSSR count). The van der Waals surface area contributed by atoms with Crippen molar-refractivity contribution in [2.75, 3.05) is 18.4 Å². The summed E-state index contributed by atoms with van der Waals surface area (Å²) in [7, 11) is 0. The first-order chi connectivity index (χ1) is 14.0. The van der Waals surface area contributed by atoms with Gasteiger partial charge < -0.3 is 19.7 Å². The third kappa shape index (κ3) is 3.67. The quantitative estimate of drug-likeness (QED) is 0.707. The average Bonchev–Trinajstić information content (AvgIpc) is 3.15. The second-order valence-corrected chi connectivity index (χ2v) is 9.96. The van der Waals surface area contributed by atoms with E-state index in [4.69, 9.17) is 9.68 Å². The van der Waals surface area contributed by atoms with Gasteiger partial charge in [0.2, 0.25) is 5.76 Å². The van der Waals surface area contributed by atoms with Crippen molar-refractivity contribution in [2.24, 2.45) is 5.41 Å². The predicted octanol–water partition coefficient (Wildman–Crippen LogP) is 4.42. The molecule has 1 saturated heterocycles. The zero-order valence-corrected chi connectivity index (χ0v) is 18.1. The molecule has 154 valence electrons. The maximum atomic E-state index is 9.67. The van der Waals surface area contributed by atoms with Crippen molar-refractivity contribution in [3.8, 4) is 6.07 Å². The monoisotopic (exact) mass is 458 g/mol. The summed E-state index contributed by atoms with van der Waals surface area (Å²) in [6, 6.07) is 4.92. The van der Waals surface area contributed by atoms with Crippen molar-refractivity contribution >= 4 is 32.7 Å². The van der Waals surface area contributed by atoms with Crippen molar-refractivity contribution in [1.82, 2.24) is 9.88 Å². The highest BCUT2D eigenvalue weighted by molar-refractivity contribution is 9.10. The number of hydrogen-bond acceptors (Lipinski definition) is 6. The number of pyridine rings is 1. The summed E-state index contributed by atoms with van der Waals surface area (Å²) in [5, 5.41) is 23.2. The van der Waals surface area contributed by atoms with Gasteiger partial charge in [-0.05, 0) is 85.8 Å². The molecule has 3 fully saturated rings. The third-order valence-corrected chi connectivity index (χ3v) is 8.18. The predicted molar refractivity (Wildman–Crippen MR) is 115 cm³/mol. The van der Waals surface area contributed by atoms with Crippen LogP contribution in [0.5, 0.6) is 0 Å². The number of nitriles is 1. The molecular formula is C22H27BrN4O2. The zero-order valence-electron chi connectivity index (χ0n) is 16.5. The largest absolute Gasteiger partial charge is 0.444 e. The van der Waals surface area contributed by atoms with E-state index in [0.29, 0.717) is 28.8 Å². The van der Waals surface area contributed by atoms with Gasteiger partial charge in [-0.25, -0.2) is 4.98 Å².